The Bertz CT molecular complexity index is 548. The van der Waals surface area contributed by atoms with Crippen LogP contribution in [-0.2, 0) is 6.54 Å². The van der Waals surface area contributed by atoms with Crippen molar-refractivity contribution in [2.75, 3.05) is 13.2 Å². The second kappa shape index (κ2) is 5.95. The summed E-state index contributed by atoms with van der Waals surface area (Å²) in [5, 5.41) is 14.3. The van der Waals surface area contributed by atoms with E-state index in [1.54, 1.807) is 0 Å². The van der Waals surface area contributed by atoms with Crippen molar-refractivity contribution >= 4 is 22.5 Å². The number of hydrogen-bond donors (Lipinski definition) is 3. The summed E-state index contributed by atoms with van der Waals surface area (Å²) in [7, 11) is 0. The first-order chi connectivity index (χ1) is 9.03. The molecule has 0 aliphatic heterocycles. The fraction of sp³-hybridized carbons (Fsp3) is 0.467. The van der Waals surface area contributed by atoms with Gasteiger partial charge in [0.05, 0.1) is 5.02 Å². The number of para-hydroxylation sites is 1. The van der Waals surface area contributed by atoms with E-state index in [0.717, 1.165) is 34.6 Å². The summed E-state index contributed by atoms with van der Waals surface area (Å²) >= 11 is 6.36. The highest BCUT2D eigenvalue weighted by molar-refractivity contribution is 6.36. The SMILES string of the molecule is CC(C)(CCO)CNCc1[nH]c2ccccc2c1Cl. The molecule has 3 nitrogen and oxygen atoms in total. The van der Waals surface area contributed by atoms with Gasteiger partial charge in [-0.1, -0.05) is 43.6 Å². The Kier molecular flexibility index (Phi) is 4.50. The van der Waals surface area contributed by atoms with Gasteiger partial charge in [-0.25, -0.2) is 0 Å². The maximum absolute atomic E-state index is 9.00. The third kappa shape index (κ3) is 3.50. The van der Waals surface area contributed by atoms with Crippen molar-refractivity contribution in [1.82, 2.24) is 10.3 Å². The number of fused-ring (bicyclic) bond motifs is 1. The number of halogens is 1. The van der Waals surface area contributed by atoms with Crippen LogP contribution in [-0.4, -0.2) is 23.2 Å². The normalized spacial score (nSPS) is 12.2. The zero-order valence-electron chi connectivity index (χ0n) is 11.5. The molecule has 3 N–H and O–H groups in total. The molecular weight excluding hydrogens is 260 g/mol. The summed E-state index contributed by atoms with van der Waals surface area (Å²) in [4.78, 5) is 3.34. The molecule has 0 fully saturated rings. The molecule has 19 heavy (non-hydrogen) atoms. The topological polar surface area (TPSA) is 48.0 Å². The number of hydrogen-bond acceptors (Lipinski definition) is 2. The van der Waals surface area contributed by atoms with Gasteiger partial charge in [0.15, 0.2) is 0 Å². The highest BCUT2D eigenvalue weighted by Crippen LogP contribution is 2.27. The molecule has 0 radical (unpaired) electrons. The minimum Gasteiger partial charge on any atom is -0.396 e. The second-order valence-electron chi connectivity index (χ2n) is 5.70. The number of benzene rings is 1. The van der Waals surface area contributed by atoms with Gasteiger partial charge in [0.1, 0.15) is 0 Å². The van der Waals surface area contributed by atoms with Crippen LogP contribution in [0.5, 0.6) is 0 Å². The van der Waals surface area contributed by atoms with Crippen molar-refractivity contribution in [2.45, 2.75) is 26.8 Å². The minimum atomic E-state index is 0.0905. The highest BCUT2D eigenvalue weighted by atomic mass is 35.5. The van der Waals surface area contributed by atoms with E-state index in [4.69, 9.17) is 16.7 Å². The summed E-state index contributed by atoms with van der Waals surface area (Å²) in [6.07, 6.45) is 0.792. The molecule has 0 aliphatic rings. The monoisotopic (exact) mass is 280 g/mol. The Hall–Kier alpha value is -1.03. The molecule has 2 aromatic rings. The number of aliphatic hydroxyl groups is 1. The molecule has 0 aliphatic carbocycles. The van der Waals surface area contributed by atoms with Gasteiger partial charge in [-0.15, -0.1) is 0 Å². The van der Waals surface area contributed by atoms with Gasteiger partial charge in [0, 0.05) is 36.3 Å². The third-order valence-corrected chi connectivity index (χ3v) is 3.84. The number of nitrogens with one attached hydrogen (secondary N) is 2. The molecule has 0 amide bonds. The number of aliphatic hydroxyl groups excluding tert-OH is 1. The Labute approximate surface area is 119 Å². The van der Waals surface area contributed by atoms with Crippen LogP contribution in [0.3, 0.4) is 0 Å². The molecule has 2 rings (SSSR count). The summed E-state index contributed by atoms with van der Waals surface area (Å²) in [6.45, 7) is 6.06. The van der Waals surface area contributed by atoms with Crippen LogP contribution in [0.4, 0.5) is 0 Å². The van der Waals surface area contributed by atoms with E-state index in [0.29, 0.717) is 6.54 Å². The molecule has 0 bridgehead atoms. The maximum Gasteiger partial charge on any atom is 0.0705 e. The molecule has 4 heteroatoms. The Morgan fingerprint density at radius 2 is 2.05 bits per heavy atom. The number of H-pyrrole nitrogens is 1. The fourth-order valence-electron chi connectivity index (χ4n) is 2.20. The Morgan fingerprint density at radius 3 is 2.74 bits per heavy atom. The van der Waals surface area contributed by atoms with E-state index in [9.17, 15) is 0 Å². The largest absolute Gasteiger partial charge is 0.396 e. The van der Waals surface area contributed by atoms with Gasteiger partial charge in [-0.05, 0) is 17.9 Å². The summed E-state index contributed by atoms with van der Waals surface area (Å²) < 4.78 is 0. The quantitative estimate of drug-likeness (QED) is 0.760. The zero-order valence-corrected chi connectivity index (χ0v) is 12.2. The van der Waals surface area contributed by atoms with Crippen molar-refractivity contribution in [3.63, 3.8) is 0 Å². The molecule has 0 unspecified atom stereocenters. The summed E-state index contributed by atoms with van der Waals surface area (Å²) in [5.41, 5.74) is 2.18. The Morgan fingerprint density at radius 1 is 1.32 bits per heavy atom. The van der Waals surface area contributed by atoms with Gasteiger partial charge in [0.2, 0.25) is 0 Å². The number of rotatable bonds is 6. The summed E-state index contributed by atoms with van der Waals surface area (Å²) in [5.74, 6) is 0. The second-order valence-corrected chi connectivity index (χ2v) is 6.08. The first-order valence-electron chi connectivity index (χ1n) is 6.60. The van der Waals surface area contributed by atoms with Gasteiger partial charge in [0.25, 0.3) is 0 Å². The lowest BCUT2D eigenvalue weighted by molar-refractivity contribution is 0.207. The van der Waals surface area contributed by atoms with Crippen molar-refractivity contribution in [3.05, 3.63) is 35.0 Å². The van der Waals surface area contributed by atoms with Crippen LogP contribution in [0, 0.1) is 5.41 Å². The number of aromatic nitrogens is 1. The molecule has 0 spiro atoms. The van der Waals surface area contributed by atoms with Crippen LogP contribution < -0.4 is 5.32 Å². The Balaban J connectivity index is 2.00. The average Bonchev–Trinajstić information content (AvgIpc) is 2.67. The maximum atomic E-state index is 9.00. The van der Waals surface area contributed by atoms with E-state index in [2.05, 4.69) is 24.1 Å². The minimum absolute atomic E-state index is 0.0905. The van der Waals surface area contributed by atoms with Crippen molar-refractivity contribution in [3.8, 4) is 0 Å². The van der Waals surface area contributed by atoms with Crippen molar-refractivity contribution < 1.29 is 5.11 Å². The van der Waals surface area contributed by atoms with Crippen LogP contribution in [0.15, 0.2) is 24.3 Å². The van der Waals surface area contributed by atoms with E-state index in [1.165, 1.54) is 0 Å². The standard InChI is InChI=1S/C15H21ClN2O/c1-15(2,7-8-19)10-17-9-13-14(16)11-5-3-4-6-12(11)18-13/h3-6,17-19H,7-10H2,1-2H3. The van der Waals surface area contributed by atoms with E-state index in [1.807, 2.05) is 24.3 Å². The molecular formula is C15H21ClN2O. The van der Waals surface area contributed by atoms with Crippen molar-refractivity contribution in [1.29, 1.82) is 0 Å². The molecule has 1 heterocycles. The predicted molar refractivity (Wildman–Crippen MR) is 80.5 cm³/mol. The van der Waals surface area contributed by atoms with Gasteiger partial charge in [-0.2, -0.15) is 0 Å². The molecule has 0 atom stereocenters. The van der Waals surface area contributed by atoms with E-state index in [-0.39, 0.29) is 12.0 Å². The van der Waals surface area contributed by atoms with Crippen LogP contribution in [0.1, 0.15) is 26.0 Å². The fourth-order valence-corrected chi connectivity index (χ4v) is 2.48. The van der Waals surface area contributed by atoms with Gasteiger partial charge < -0.3 is 15.4 Å². The van der Waals surface area contributed by atoms with Crippen LogP contribution >= 0.6 is 11.6 Å². The van der Waals surface area contributed by atoms with E-state index >= 15 is 0 Å². The molecule has 1 aromatic carbocycles. The lowest BCUT2D eigenvalue weighted by atomic mass is 9.90. The van der Waals surface area contributed by atoms with Crippen LogP contribution in [0.2, 0.25) is 5.02 Å². The van der Waals surface area contributed by atoms with E-state index < -0.39 is 0 Å². The predicted octanol–water partition coefficient (Wildman–Crippen LogP) is 3.32. The molecule has 0 saturated heterocycles. The summed E-state index contributed by atoms with van der Waals surface area (Å²) in [6, 6.07) is 8.04. The molecule has 0 saturated carbocycles. The third-order valence-electron chi connectivity index (χ3n) is 3.41. The first kappa shape index (κ1) is 14.4. The average molecular weight is 281 g/mol. The lowest BCUT2D eigenvalue weighted by Crippen LogP contribution is -2.30. The van der Waals surface area contributed by atoms with Gasteiger partial charge >= 0.3 is 0 Å². The molecule has 104 valence electrons. The van der Waals surface area contributed by atoms with Gasteiger partial charge in [-0.3, -0.25) is 0 Å². The smallest absolute Gasteiger partial charge is 0.0705 e. The lowest BCUT2D eigenvalue weighted by Gasteiger charge is -2.23. The number of aromatic amines is 1. The highest BCUT2D eigenvalue weighted by Gasteiger charge is 2.17. The first-order valence-corrected chi connectivity index (χ1v) is 6.98. The van der Waals surface area contributed by atoms with Crippen LogP contribution in [0.25, 0.3) is 10.9 Å². The van der Waals surface area contributed by atoms with Crippen molar-refractivity contribution in [2.24, 2.45) is 5.41 Å². The molecule has 1 aromatic heterocycles. The zero-order chi connectivity index (χ0) is 13.9.